The fourth-order valence-corrected chi connectivity index (χ4v) is 0.784. The minimum absolute atomic E-state index is 0. The number of pyridine rings is 1. The second-order valence-corrected chi connectivity index (χ2v) is 2.36. The Balaban J connectivity index is 0. The standard InChI is InChI=1S/C8H12N2.2ClH/c1-7-3-4-8(6-9-2)10-5-7;;/h3-5,9H,6H2,1-2H3;2*1H. The van der Waals surface area contributed by atoms with Crippen molar-refractivity contribution < 1.29 is 0 Å². The lowest BCUT2D eigenvalue weighted by molar-refractivity contribution is 0.790. The van der Waals surface area contributed by atoms with E-state index in [0.717, 1.165) is 12.2 Å². The molecule has 0 amide bonds. The third-order valence-corrected chi connectivity index (χ3v) is 1.33. The molecule has 0 radical (unpaired) electrons. The Morgan fingerprint density at radius 3 is 2.42 bits per heavy atom. The molecule has 0 saturated carbocycles. The molecule has 0 bridgehead atoms. The van der Waals surface area contributed by atoms with E-state index in [9.17, 15) is 0 Å². The zero-order valence-corrected chi connectivity index (χ0v) is 8.84. The highest BCUT2D eigenvalue weighted by molar-refractivity contribution is 5.85. The highest BCUT2D eigenvalue weighted by atomic mass is 35.5. The van der Waals surface area contributed by atoms with Crippen molar-refractivity contribution in [2.45, 2.75) is 13.5 Å². The normalized spacial score (nSPS) is 8.17. The van der Waals surface area contributed by atoms with Crippen LogP contribution in [-0.4, -0.2) is 12.0 Å². The maximum absolute atomic E-state index is 4.21. The van der Waals surface area contributed by atoms with E-state index in [1.807, 2.05) is 26.2 Å². The first kappa shape index (κ1) is 14.2. The first-order valence-corrected chi connectivity index (χ1v) is 3.39. The SMILES string of the molecule is CNCc1ccc(C)cn1.Cl.Cl. The molecule has 0 spiro atoms. The number of nitrogens with one attached hydrogen (secondary N) is 1. The van der Waals surface area contributed by atoms with E-state index >= 15 is 0 Å². The van der Waals surface area contributed by atoms with Crippen molar-refractivity contribution in [1.29, 1.82) is 0 Å². The molecule has 12 heavy (non-hydrogen) atoms. The van der Waals surface area contributed by atoms with Crippen molar-refractivity contribution >= 4 is 24.8 Å². The van der Waals surface area contributed by atoms with Gasteiger partial charge in [0.1, 0.15) is 0 Å². The molecule has 0 atom stereocenters. The van der Waals surface area contributed by atoms with E-state index in [-0.39, 0.29) is 24.8 Å². The Bertz CT molecular complexity index is 199. The summed E-state index contributed by atoms with van der Waals surface area (Å²) in [5.41, 5.74) is 2.30. The van der Waals surface area contributed by atoms with E-state index in [1.165, 1.54) is 5.56 Å². The number of halogens is 2. The number of hydrogen-bond acceptors (Lipinski definition) is 2. The molecule has 4 heteroatoms. The molecule has 2 nitrogen and oxygen atoms in total. The Labute approximate surface area is 85.6 Å². The molecule has 1 rings (SSSR count). The van der Waals surface area contributed by atoms with Gasteiger partial charge in [-0.2, -0.15) is 0 Å². The van der Waals surface area contributed by atoms with Gasteiger partial charge in [-0.05, 0) is 25.6 Å². The minimum Gasteiger partial charge on any atom is -0.314 e. The summed E-state index contributed by atoms with van der Waals surface area (Å²) in [7, 11) is 1.92. The lowest BCUT2D eigenvalue weighted by Gasteiger charge is -1.97. The van der Waals surface area contributed by atoms with Gasteiger partial charge in [0.25, 0.3) is 0 Å². The quantitative estimate of drug-likeness (QED) is 0.805. The summed E-state index contributed by atoms with van der Waals surface area (Å²) in [6.45, 7) is 2.89. The first-order valence-electron chi connectivity index (χ1n) is 3.39. The number of aromatic nitrogens is 1. The molecule has 0 fully saturated rings. The van der Waals surface area contributed by atoms with Crippen molar-refractivity contribution in [2.75, 3.05) is 7.05 Å². The van der Waals surface area contributed by atoms with Crippen molar-refractivity contribution in [3.8, 4) is 0 Å². The topological polar surface area (TPSA) is 24.9 Å². The van der Waals surface area contributed by atoms with Crippen LogP contribution in [0.2, 0.25) is 0 Å². The predicted molar refractivity (Wildman–Crippen MR) is 56.2 cm³/mol. The molecule has 1 aromatic heterocycles. The molecule has 0 aliphatic heterocycles. The van der Waals surface area contributed by atoms with Crippen LogP contribution in [0.3, 0.4) is 0 Å². The number of hydrogen-bond donors (Lipinski definition) is 1. The van der Waals surface area contributed by atoms with Crippen LogP contribution in [0.5, 0.6) is 0 Å². The van der Waals surface area contributed by atoms with E-state index in [0.29, 0.717) is 0 Å². The van der Waals surface area contributed by atoms with Gasteiger partial charge in [-0.25, -0.2) is 0 Å². The smallest absolute Gasteiger partial charge is 0.0541 e. The number of nitrogens with zero attached hydrogens (tertiary/aromatic N) is 1. The minimum atomic E-state index is 0. The molecule has 0 aliphatic rings. The first-order chi connectivity index (χ1) is 4.83. The highest BCUT2D eigenvalue weighted by Crippen LogP contribution is 1.96. The van der Waals surface area contributed by atoms with Gasteiger partial charge in [-0.3, -0.25) is 4.98 Å². The predicted octanol–water partition coefficient (Wildman–Crippen LogP) is 1.95. The van der Waals surface area contributed by atoms with E-state index in [2.05, 4.69) is 16.4 Å². The molecule has 1 aromatic rings. The maximum Gasteiger partial charge on any atom is 0.0541 e. The van der Waals surface area contributed by atoms with Crippen LogP contribution < -0.4 is 5.32 Å². The van der Waals surface area contributed by atoms with Crippen LogP contribution in [0.1, 0.15) is 11.3 Å². The molecule has 70 valence electrons. The van der Waals surface area contributed by atoms with Gasteiger partial charge in [-0.15, -0.1) is 24.8 Å². The van der Waals surface area contributed by atoms with Crippen molar-refractivity contribution in [1.82, 2.24) is 10.3 Å². The summed E-state index contributed by atoms with van der Waals surface area (Å²) < 4.78 is 0. The van der Waals surface area contributed by atoms with Gasteiger partial charge in [0.2, 0.25) is 0 Å². The third-order valence-electron chi connectivity index (χ3n) is 1.33. The van der Waals surface area contributed by atoms with Crippen molar-refractivity contribution in [2.24, 2.45) is 0 Å². The molecular formula is C8H14Cl2N2. The number of aryl methyl sites for hydroxylation is 1. The fraction of sp³-hybridized carbons (Fsp3) is 0.375. The summed E-state index contributed by atoms with van der Waals surface area (Å²) in [6.07, 6.45) is 1.88. The van der Waals surface area contributed by atoms with E-state index in [4.69, 9.17) is 0 Å². The lowest BCUT2D eigenvalue weighted by Crippen LogP contribution is -2.06. The van der Waals surface area contributed by atoms with Crippen molar-refractivity contribution in [3.63, 3.8) is 0 Å². The summed E-state index contributed by atoms with van der Waals surface area (Å²) >= 11 is 0. The largest absolute Gasteiger partial charge is 0.314 e. The van der Waals surface area contributed by atoms with Gasteiger partial charge in [0.15, 0.2) is 0 Å². The number of rotatable bonds is 2. The molecular weight excluding hydrogens is 195 g/mol. The van der Waals surface area contributed by atoms with Crippen LogP contribution in [0.15, 0.2) is 18.3 Å². The molecule has 1 N–H and O–H groups in total. The van der Waals surface area contributed by atoms with Crippen LogP contribution in [0.25, 0.3) is 0 Å². The molecule has 0 aromatic carbocycles. The zero-order chi connectivity index (χ0) is 7.40. The fourth-order valence-electron chi connectivity index (χ4n) is 0.784. The van der Waals surface area contributed by atoms with Gasteiger partial charge >= 0.3 is 0 Å². The summed E-state index contributed by atoms with van der Waals surface area (Å²) in [6, 6.07) is 4.10. The molecule has 0 aliphatic carbocycles. The van der Waals surface area contributed by atoms with Crippen LogP contribution in [-0.2, 0) is 6.54 Å². The van der Waals surface area contributed by atoms with Crippen LogP contribution in [0, 0.1) is 6.92 Å². The second kappa shape index (κ2) is 7.35. The van der Waals surface area contributed by atoms with Gasteiger partial charge in [0, 0.05) is 12.7 Å². The summed E-state index contributed by atoms with van der Waals surface area (Å²) in [5, 5.41) is 3.04. The molecule has 0 unspecified atom stereocenters. The van der Waals surface area contributed by atoms with Crippen LogP contribution >= 0.6 is 24.8 Å². The average Bonchev–Trinajstić information content (AvgIpc) is 1.95. The lowest BCUT2D eigenvalue weighted by atomic mass is 10.3. The Morgan fingerprint density at radius 1 is 1.33 bits per heavy atom. The van der Waals surface area contributed by atoms with E-state index < -0.39 is 0 Å². The van der Waals surface area contributed by atoms with Crippen molar-refractivity contribution in [3.05, 3.63) is 29.6 Å². The summed E-state index contributed by atoms with van der Waals surface area (Å²) in [5.74, 6) is 0. The Kier molecular flexibility index (Phi) is 8.71. The molecule has 0 saturated heterocycles. The van der Waals surface area contributed by atoms with Gasteiger partial charge in [-0.1, -0.05) is 6.07 Å². The zero-order valence-electron chi connectivity index (χ0n) is 7.20. The highest BCUT2D eigenvalue weighted by Gasteiger charge is 1.88. The van der Waals surface area contributed by atoms with E-state index in [1.54, 1.807) is 0 Å². The summed E-state index contributed by atoms with van der Waals surface area (Å²) in [4.78, 5) is 4.21. The Morgan fingerprint density at radius 2 is 2.00 bits per heavy atom. The monoisotopic (exact) mass is 208 g/mol. The Hall–Kier alpha value is -0.310. The third kappa shape index (κ3) is 4.54. The van der Waals surface area contributed by atoms with Gasteiger partial charge in [0.05, 0.1) is 5.69 Å². The maximum atomic E-state index is 4.21. The van der Waals surface area contributed by atoms with Crippen LogP contribution in [0.4, 0.5) is 0 Å². The molecule has 1 heterocycles. The second-order valence-electron chi connectivity index (χ2n) is 2.36. The van der Waals surface area contributed by atoms with Gasteiger partial charge < -0.3 is 5.32 Å². The average molecular weight is 209 g/mol.